The van der Waals surface area contributed by atoms with Crippen LogP contribution >= 0.6 is 0 Å². The molecule has 3 rings (SSSR count). The molecule has 0 aromatic heterocycles. The van der Waals surface area contributed by atoms with Crippen molar-refractivity contribution in [3.63, 3.8) is 0 Å². The number of amides is 3. The van der Waals surface area contributed by atoms with Gasteiger partial charge < -0.3 is 10.2 Å². The van der Waals surface area contributed by atoms with Crippen LogP contribution in [0.25, 0.3) is 0 Å². The monoisotopic (exact) mass is 341 g/mol. The number of carbonyl (C=O) groups is 2. The quantitative estimate of drug-likeness (QED) is 0.927. The number of rotatable bonds is 4. The van der Waals surface area contributed by atoms with Crippen LogP contribution in [-0.2, 0) is 4.79 Å². The normalized spacial score (nSPS) is 14.1. The highest BCUT2D eigenvalue weighted by Crippen LogP contribution is 2.21. The van der Waals surface area contributed by atoms with E-state index in [4.69, 9.17) is 0 Å². The molecule has 1 fully saturated rings. The van der Waals surface area contributed by atoms with Crippen molar-refractivity contribution in [1.29, 1.82) is 0 Å². The summed E-state index contributed by atoms with van der Waals surface area (Å²) in [4.78, 5) is 27.7. The van der Waals surface area contributed by atoms with Gasteiger partial charge in [0, 0.05) is 24.5 Å². The molecule has 2 aromatic rings. The second-order valence-corrected chi connectivity index (χ2v) is 6.26. The molecule has 0 saturated carbocycles. The van der Waals surface area contributed by atoms with E-state index in [1.807, 2.05) is 32.0 Å². The van der Waals surface area contributed by atoms with Gasteiger partial charge in [-0.25, -0.2) is 9.18 Å². The van der Waals surface area contributed by atoms with E-state index in [0.29, 0.717) is 18.8 Å². The Morgan fingerprint density at radius 2 is 1.72 bits per heavy atom. The number of halogens is 1. The van der Waals surface area contributed by atoms with Crippen LogP contribution in [0.5, 0.6) is 0 Å². The predicted molar refractivity (Wildman–Crippen MR) is 95.3 cm³/mol. The molecule has 1 aliphatic heterocycles. The summed E-state index contributed by atoms with van der Waals surface area (Å²) < 4.78 is 13.0. The van der Waals surface area contributed by atoms with Gasteiger partial charge in [-0.15, -0.1) is 0 Å². The molecule has 6 heteroatoms. The molecule has 5 nitrogen and oxygen atoms in total. The van der Waals surface area contributed by atoms with Crippen LogP contribution in [0.4, 0.5) is 20.6 Å². The fourth-order valence-electron chi connectivity index (χ4n) is 3.01. The lowest BCUT2D eigenvalue weighted by Crippen LogP contribution is -2.37. The van der Waals surface area contributed by atoms with Gasteiger partial charge in [-0.05, 0) is 61.4 Å². The molecule has 0 unspecified atom stereocenters. The molecular weight excluding hydrogens is 321 g/mol. The minimum atomic E-state index is -0.347. The summed E-state index contributed by atoms with van der Waals surface area (Å²) in [7, 11) is 0. The number of hydrogen-bond acceptors (Lipinski definition) is 2. The number of anilines is 2. The summed E-state index contributed by atoms with van der Waals surface area (Å²) in [5.41, 5.74) is 3.48. The zero-order chi connectivity index (χ0) is 18.0. The zero-order valence-electron chi connectivity index (χ0n) is 14.3. The van der Waals surface area contributed by atoms with E-state index in [9.17, 15) is 14.0 Å². The Morgan fingerprint density at radius 1 is 1.08 bits per heavy atom. The molecule has 0 spiro atoms. The maximum atomic E-state index is 13.0. The number of nitrogens with one attached hydrogen (secondary N) is 1. The van der Waals surface area contributed by atoms with Crippen LogP contribution in [0.1, 0.15) is 11.1 Å². The van der Waals surface area contributed by atoms with Crippen LogP contribution in [0.15, 0.2) is 42.5 Å². The molecule has 1 heterocycles. The summed E-state index contributed by atoms with van der Waals surface area (Å²) >= 11 is 0. The first-order valence-electron chi connectivity index (χ1n) is 8.12. The first-order valence-corrected chi connectivity index (χ1v) is 8.12. The lowest BCUT2D eigenvalue weighted by atomic mass is 10.1. The van der Waals surface area contributed by atoms with Gasteiger partial charge in [-0.1, -0.05) is 6.07 Å². The lowest BCUT2D eigenvalue weighted by molar-refractivity contribution is -0.116. The minimum Gasteiger partial charge on any atom is -0.325 e. The third-order valence-corrected chi connectivity index (χ3v) is 4.07. The summed E-state index contributed by atoms with van der Waals surface area (Å²) in [5.74, 6) is -0.584. The molecule has 1 N–H and O–H groups in total. The van der Waals surface area contributed by atoms with Gasteiger partial charge in [-0.3, -0.25) is 9.69 Å². The van der Waals surface area contributed by atoms with Crippen molar-refractivity contribution >= 4 is 23.3 Å². The summed E-state index contributed by atoms with van der Waals surface area (Å²) in [6, 6.07) is 11.3. The highest BCUT2D eigenvalue weighted by Gasteiger charge is 2.30. The molecule has 2 aromatic carbocycles. The van der Waals surface area contributed by atoms with Crippen LogP contribution in [-0.4, -0.2) is 36.5 Å². The molecule has 0 aliphatic carbocycles. The van der Waals surface area contributed by atoms with Crippen molar-refractivity contribution in [2.24, 2.45) is 0 Å². The SMILES string of the molecule is Cc1cc(C)cc(NC(=O)CN2CCN(c3ccc(F)cc3)C2=O)c1. The van der Waals surface area contributed by atoms with E-state index in [2.05, 4.69) is 5.32 Å². The van der Waals surface area contributed by atoms with Gasteiger partial charge in [0.1, 0.15) is 12.4 Å². The molecule has 0 radical (unpaired) electrons. The van der Waals surface area contributed by atoms with Gasteiger partial charge in [0.05, 0.1) is 0 Å². The number of carbonyl (C=O) groups excluding carboxylic acids is 2. The van der Waals surface area contributed by atoms with E-state index in [1.165, 1.54) is 17.0 Å². The van der Waals surface area contributed by atoms with Gasteiger partial charge in [0.25, 0.3) is 0 Å². The predicted octanol–water partition coefficient (Wildman–Crippen LogP) is 3.32. The first-order chi connectivity index (χ1) is 11.9. The Bertz CT molecular complexity index is 785. The highest BCUT2D eigenvalue weighted by atomic mass is 19.1. The van der Waals surface area contributed by atoms with Crippen LogP contribution in [0.2, 0.25) is 0 Å². The van der Waals surface area contributed by atoms with E-state index in [0.717, 1.165) is 16.8 Å². The van der Waals surface area contributed by atoms with Crippen molar-refractivity contribution < 1.29 is 14.0 Å². The van der Waals surface area contributed by atoms with Crippen molar-refractivity contribution in [2.75, 3.05) is 29.9 Å². The molecule has 130 valence electrons. The van der Waals surface area contributed by atoms with Crippen LogP contribution < -0.4 is 10.2 Å². The average molecular weight is 341 g/mol. The molecule has 3 amide bonds. The number of nitrogens with zero attached hydrogens (tertiary/aromatic N) is 2. The van der Waals surface area contributed by atoms with E-state index in [-0.39, 0.29) is 24.3 Å². The van der Waals surface area contributed by atoms with Crippen molar-refractivity contribution in [2.45, 2.75) is 13.8 Å². The zero-order valence-corrected chi connectivity index (χ0v) is 14.3. The average Bonchev–Trinajstić information content (AvgIpc) is 2.88. The van der Waals surface area contributed by atoms with Gasteiger partial charge >= 0.3 is 6.03 Å². The van der Waals surface area contributed by atoms with E-state index >= 15 is 0 Å². The second kappa shape index (κ2) is 6.93. The van der Waals surface area contributed by atoms with Gasteiger partial charge in [-0.2, -0.15) is 0 Å². The Morgan fingerprint density at radius 3 is 2.36 bits per heavy atom. The van der Waals surface area contributed by atoms with E-state index in [1.54, 1.807) is 17.0 Å². The van der Waals surface area contributed by atoms with Crippen molar-refractivity contribution in [3.8, 4) is 0 Å². The summed E-state index contributed by atoms with van der Waals surface area (Å²) in [6.45, 7) is 4.85. The third-order valence-electron chi connectivity index (χ3n) is 4.07. The number of hydrogen-bond donors (Lipinski definition) is 1. The standard InChI is InChI=1S/C19H20FN3O2/c1-13-9-14(2)11-16(10-13)21-18(24)12-22-7-8-23(19(22)25)17-5-3-15(20)4-6-17/h3-6,9-11H,7-8,12H2,1-2H3,(H,21,24). The molecule has 1 aliphatic rings. The smallest absolute Gasteiger partial charge is 0.325 e. The van der Waals surface area contributed by atoms with Crippen LogP contribution in [0.3, 0.4) is 0 Å². The van der Waals surface area contributed by atoms with E-state index < -0.39 is 0 Å². The number of aryl methyl sites for hydroxylation is 2. The molecular formula is C19H20FN3O2. The number of urea groups is 1. The minimum absolute atomic E-state index is 0.0104. The Labute approximate surface area is 146 Å². The molecule has 0 bridgehead atoms. The Hall–Kier alpha value is -2.89. The summed E-state index contributed by atoms with van der Waals surface area (Å²) in [5, 5.41) is 2.83. The Kier molecular flexibility index (Phi) is 4.70. The topological polar surface area (TPSA) is 52.7 Å². The third kappa shape index (κ3) is 3.96. The van der Waals surface area contributed by atoms with Crippen molar-refractivity contribution in [3.05, 3.63) is 59.4 Å². The maximum absolute atomic E-state index is 13.0. The largest absolute Gasteiger partial charge is 0.325 e. The molecule has 1 saturated heterocycles. The Balaban J connectivity index is 1.62. The van der Waals surface area contributed by atoms with Gasteiger partial charge in [0.2, 0.25) is 5.91 Å². The molecule has 25 heavy (non-hydrogen) atoms. The van der Waals surface area contributed by atoms with Gasteiger partial charge in [0.15, 0.2) is 0 Å². The fraction of sp³-hybridized carbons (Fsp3) is 0.263. The summed E-state index contributed by atoms with van der Waals surface area (Å²) in [6.07, 6.45) is 0. The highest BCUT2D eigenvalue weighted by molar-refractivity contribution is 5.99. The number of benzene rings is 2. The fourth-order valence-corrected chi connectivity index (χ4v) is 3.01. The maximum Gasteiger partial charge on any atom is 0.325 e. The molecule has 0 atom stereocenters. The lowest BCUT2D eigenvalue weighted by Gasteiger charge is -2.18. The van der Waals surface area contributed by atoms with Crippen molar-refractivity contribution in [1.82, 2.24) is 4.90 Å². The van der Waals surface area contributed by atoms with Crippen LogP contribution in [0, 0.1) is 19.7 Å². The second-order valence-electron chi connectivity index (χ2n) is 6.26. The first kappa shape index (κ1) is 17.0.